The highest BCUT2D eigenvalue weighted by Crippen LogP contribution is 2.14. The van der Waals surface area contributed by atoms with Gasteiger partial charge in [-0.25, -0.2) is 9.78 Å². The number of nitrogens with zero attached hydrogens (tertiary/aromatic N) is 2. The topological polar surface area (TPSA) is 67.9 Å². The van der Waals surface area contributed by atoms with Crippen LogP contribution in [-0.2, 0) is 4.74 Å². The van der Waals surface area contributed by atoms with E-state index in [0.29, 0.717) is 11.3 Å². The molecule has 0 aromatic carbocycles. The van der Waals surface area contributed by atoms with Crippen molar-refractivity contribution in [2.75, 3.05) is 7.11 Å². The molecule has 0 atom stereocenters. The van der Waals surface area contributed by atoms with Gasteiger partial charge in [-0.2, -0.15) is 4.98 Å². The standard InChI is InChI=1S/C8H6ClN3O2/c1-14-7(13)5-2-4-3-10-8(9)12-6(4)11-5/h2-3H,1H3,(H,10,11,12). The second-order valence-electron chi connectivity index (χ2n) is 2.62. The Kier molecular flexibility index (Phi) is 2.09. The molecule has 0 bridgehead atoms. The SMILES string of the molecule is COC(=O)c1cc2cnc(Cl)nc2[nH]1. The van der Waals surface area contributed by atoms with Crippen LogP contribution in [0.15, 0.2) is 12.3 Å². The molecule has 0 aliphatic heterocycles. The fraction of sp³-hybridized carbons (Fsp3) is 0.125. The minimum absolute atomic E-state index is 0.135. The van der Waals surface area contributed by atoms with E-state index in [0.717, 1.165) is 5.39 Å². The fourth-order valence-electron chi connectivity index (χ4n) is 1.11. The summed E-state index contributed by atoms with van der Waals surface area (Å²) in [6.07, 6.45) is 1.54. The molecule has 0 aliphatic rings. The van der Waals surface area contributed by atoms with Gasteiger partial charge in [-0.15, -0.1) is 0 Å². The Morgan fingerprint density at radius 3 is 3.14 bits per heavy atom. The van der Waals surface area contributed by atoms with Crippen molar-refractivity contribution in [3.63, 3.8) is 0 Å². The van der Waals surface area contributed by atoms with Gasteiger partial charge in [0.05, 0.1) is 7.11 Å². The lowest BCUT2D eigenvalue weighted by Crippen LogP contribution is -2.00. The quantitative estimate of drug-likeness (QED) is 0.572. The van der Waals surface area contributed by atoms with Crippen LogP contribution in [0.3, 0.4) is 0 Å². The first-order valence-corrected chi connectivity index (χ1v) is 4.18. The van der Waals surface area contributed by atoms with Crippen LogP contribution in [-0.4, -0.2) is 28.0 Å². The van der Waals surface area contributed by atoms with Crippen molar-refractivity contribution in [2.45, 2.75) is 0 Å². The number of hydrogen-bond acceptors (Lipinski definition) is 4. The van der Waals surface area contributed by atoms with Crippen LogP contribution in [0.4, 0.5) is 0 Å². The highest BCUT2D eigenvalue weighted by atomic mass is 35.5. The number of nitrogens with one attached hydrogen (secondary N) is 1. The minimum atomic E-state index is -0.445. The Morgan fingerprint density at radius 1 is 1.64 bits per heavy atom. The Labute approximate surface area is 84.1 Å². The molecule has 5 nitrogen and oxygen atoms in total. The Bertz CT molecular complexity index is 494. The third-order valence-electron chi connectivity index (χ3n) is 1.75. The number of carbonyl (C=O) groups is 1. The van der Waals surface area contributed by atoms with Gasteiger partial charge in [0.1, 0.15) is 11.3 Å². The number of aromatic amines is 1. The molecular weight excluding hydrogens is 206 g/mol. The number of carbonyl (C=O) groups excluding carboxylic acids is 1. The largest absolute Gasteiger partial charge is 0.464 e. The van der Waals surface area contributed by atoms with E-state index in [-0.39, 0.29) is 5.28 Å². The van der Waals surface area contributed by atoms with Crippen molar-refractivity contribution >= 4 is 28.6 Å². The summed E-state index contributed by atoms with van der Waals surface area (Å²) in [5.41, 5.74) is 0.851. The molecule has 2 rings (SSSR count). The number of fused-ring (bicyclic) bond motifs is 1. The highest BCUT2D eigenvalue weighted by Gasteiger charge is 2.10. The molecule has 0 spiro atoms. The summed E-state index contributed by atoms with van der Waals surface area (Å²) in [4.78, 5) is 21.6. The average molecular weight is 212 g/mol. The number of rotatable bonds is 1. The van der Waals surface area contributed by atoms with Crippen LogP contribution in [0.2, 0.25) is 5.28 Å². The monoisotopic (exact) mass is 211 g/mol. The lowest BCUT2D eigenvalue weighted by Gasteiger charge is -1.91. The number of esters is 1. The fourth-order valence-corrected chi connectivity index (χ4v) is 1.25. The van der Waals surface area contributed by atoms with Crippen molar-refractivity contribution in [1.82, 2.24) is 15.0 Å². The molecule has 0 saturated carbocycles. The second-order valence-corrected chi connectivity index (χ2v) is 2.96. The molecule has 6 heteroatoms. The molecule has 0 unspecified atom stereocenters. The van der Waals surface area contributed by atoms with Crippen molar-refractivity contribution in [2.24, 2.45) is 0 Å². The number of H-pyrrole nitrogens is 1. The molecule has 2 aromatic heterocycles. The van der Waals surface area contributed by atoms with Gasteiger partial charge in [-0.3, -0.25) is 0 Å². The molecule has 0 radical (unpaired) electrons. The minimum Gasteiger partial charge on any atom is -0.464 e. The molecule has 2 aromatic rings. The molecular formula is C8H6ClN3O2. The Morgan fingerprint density at radius 2 is 2.43 bits per heavy atom. The molecule has 14 heavy (non-hydrogen) atoms. The van der Waals surface area contributed by atoms with Crippen LogP contribution in [0.25, 0.3) is 11.0 Å². The van der Waals surface area contributed by atoms with E-state index in [4.69, 9.17) is 11.6 Å². The number of methoxy groups -OCH3 is 1. The maximum Gasteiger partial charge on any atom is 0.354 e. The molecule has 0 aliphatic carbocycles. The van der Waals surface area contributed by atoms with E-state index in [2.05, 4.69) is 19.7 Å². The van der Waals surface area contributed by atoms with E-state index in [9.17, 15) is 4.79 Å². The third kappa shape index (κ3) is 1.42. The third-order valence-corrected chi connectivity index (χ3v) is 1.93. The van der Waals surface area contributed by atoms with Crippen molar-refractivity contribution < 1.29 is 9.53 Å². The summed E-state index contributed by atoms with van der Waals surface area (Å²) in [5.74, 6) is -0.445. The van der Waals surface area contributed by atoms with Gasteiger partial charge in [0, 0.05) is 11.6 Å². The zero-order valence-electron chi connectivity index (χ0n) is 7.24. The zero-order valence-corrected chi connectivity index (χ0v) is 8.00. The Balaban J connectivity index is 2.56. The molecule has 72 valence electrons. The molecule has 0 amide bonds. The average Bonchev–Trinajstić information content (AvgIpc) is 2.59. The van der Waals surface area contributed by atoms with Gasteiger partial charge < -0.3 is 9.72 Å². The van der Waals surface area contributed by atoms with Crippen LogP contribution in [0, 0.1) is 0 Å². The predicted molar refractivity (Wildman–Crippen MR) is 50.2 cm³/mol. The van der Waals surface area contributed by atoms with E-state index in [1.54, 1.807) is 6.07 Å². The van der Waals surface area contributed by atoms with E-state index >= 15 is 0 Å². The first-order valence-electron chi connectivity index (χ1n) is 3.80. The van der Waals surface area contributed by atoms with Crippen LogP contribution in [0.1, 0.15) is 10.5 Å². The number of halogens is 1. The number of hydrogen-bond donors (Lipinski definition) is 1. The van der Waals surface area contributed by atoms with Gasteiger partial charge in [-0.05, 0) is 17.7 Å². The van der Waals surface area contributed by atoms with E-state index in [1.807, 2.05) is 0 Å². The Hall–Kier alpha value is -1.62. The molecule has 0 fully saturated rings. The van der Waals surface area contributed by atoms with E-state index in [1.165, 1.54) is 13.3 Å². The summed E-state index contributed by atoms with van der Waals surface area (Å²) in [6.45, 7) is 0. The van der Waals surface area contributed by atoms with Gasteiger partial charge in [0.2, 0.25) is 5.28 Å². The van der Waals surface area contributed by atoms with Gasteiger partial charge in [0.15, 0.2) is 0 Å². The van der Waals surface area contributed by atoms with Crippen LogP contribution >= 0.6 is 11.6 Å². The maximum absolute atomic E-state index is 11.1. The van der Waals surface area contributed by atoms with Gasteiger partial charge >= 0.3 is 5.97 Å². The van der Waals surface area contributed by atoms with Crippen LogP contribution in [0.5, 0.6) is 0 Å². The summed E-state index contributed by atoms with van der Waals surface area (Å²) < 4.78 is 4.54. The van der Waals surface area contributed by atoms with E-state index < -0.39 is 5.97 Å². The predicted octanol–water partition coefficient (Wildman–Crippen LogP) is 1.40. The first kappa shape index (κ1) is 8.96. The number of aromatic nitrogens is 3. The second kappa shape index (κ2) is 3.26. The summed E-state index contributed by atoms with van der Waals surface area (Å²) >= 11 is 5.58. The lowest BCUT2D eigenvalue weighted by atomic mass is 10.4. The van der Waals surface area contributed by atoms with Crippen molar-refractivity contribution in [3.8, 4) is 0 Å². The first-order chi connectivity index (χ1) is 6.70. The normalized spacial score (nSPS) is 10.4. The summed E-state index contributed by atoms with van der Waals surface area (Å²) in [7, 11) is 1.31. The maximum atomic E-state index is 11.1. The smallest absolute Gasteiger partial charge is 0.354 e. The summed E-state index contributed by atoms with van der Waals surface area (Å²) in [5, 5.41) is 0.852. The highest BCUT2D eigenvalue weighted by molar-refractivity contribution is 6.28. The molecule has 2 heterocycles. The lowest BCUT2D eigenvalue weighted by molar-refractivity contribution is 0.0595. The molecule has 0 saturated heterocycles. The van der Waals surface area contributed by atoms with Gasteiger partial charge in [-0.1, -0.05) is 0 Å². The zero-order chi connectivity index (χ0) is 10.1. The van der Waals surface area contributed by atoms with Crippen LogP contribution < -0.4 is 0 Å². The van der Waals surface area contributed by atoms with Gasteiger partial charge in [0.25, 0.3) is 0 Å². The van der Waals surface area contributed by atoms with Crippen molar-refractivity contribution in [3.05, 3.63) is 23.2 Å². The van der Waals surface area contributed by atoms with Crippen molar-refractivity contribution in [1.29, 1.82) is 0 Å². The number of ether oxygens (including phenoxy) is 1. The molecule has 1 N–H and O–H groups in total. The summed E-state index contributed by atoms with van der Waals surface area (Å²) in [6, 6.07) is 1.61.